The van der Waals surface area contributed by atoms with Crippen molar-refractivity contribution in [3.63, 3.8) is 0 Å². The zero-order valence-corrected chi connectivity index (χ0v) is 22.3. The smallest absolute Gasteiger partial charge is 0.410 e. The number of pyridine rings is 1. The van der Waals surface area contributed by atoms with Crippen LogP contribution in [0.3, 0.4) is 0 Å². The Balaban J connectivity index is 1.23. The van der Waals surface area contributed by atoms with Crippen LogP contribution in [-0.2, 0) is 11.3 Å². The van der Waals surface area contributed by atoms with Crippen LogP contribution < -0.4 is 11.1 Å². The number of hydrogen-bond acceptors (Lipinski definition) is 7. The number of ether oxygens (including phenoxy) is 1. The van der Waals surface area contributed by atoms with E-state index in [1.54, 1.807) is 41.6 Å². The fourth-order valence-electron chi connectivity index (χ4n) is 5.15. The first-order valence-corrected chi connectivity index (χ1v) is 13.5. The second-order valence-corrected chi connectivity index (χ2v) is 9.92. The number of benzene rings is 2. The van der Waals surface area contributed by atoms with Crippen molar-refractivity contribution in [3.05, 3.63) is 108 Å². The molecule has 2 amide bonds. The van der Waals surface area contributed by atoms with Crippen LogP contribution in [0.4, 0.5) is 16.4 Å². The molecule has 3 aromatic heterocycles. The predicted molar refractivity (Wildman–Crippen MR) is 155 cm³/mol. The van der Waals surface area contributed by atoms with Gasteiger partial charge in [0.1, 0.15) is 35.3 Å². The van der Waals surface area contributed by atoms with Crippen molar-refractivity contribution in [2.24, 2.45) is 0 Å². The second kappa shape index (κ2) is 11.5. The molecule has 4 heterocycles. The summed E-state index contributed by atoms with van der Waals surface area (Å²) in [6.07, 6.45) is 6.49. The number of piperidine rings is 1. The Bertz CT molecular complexity index is 1670. The third kappa shape index (κ3) is 5.58. The van der Waals surface area contributed by atoms with Gasteiger partial charge in [-0.1, -0.05) is 48.5 Å². The SMILES string of the molecule is Nc1nccn2c([C@@H]3CCCN(C(=O)OCc4ccccc4)C3)nc(-c3ccc(C(=O)Nc4ccccn4)cc3)c12. The van der Waals surface area contributed by atoms with Gasteiger partial charge in [-0.25, -0.2) is 19.7 Å². The first-order chi connectivity index (χ1) is 20.1. The van der Waals surface area contributed by atoms with Gasteiger partial charge in [0.15, 0.2) is 0 Å². The van der Waals surface area contributed by atoms with E-state index in [9.17, 15) is 9.59 Å². The average Bonchev–Trinajstić information content (AvgIpc) is 3.42. The molecule has 1 aliphatic rings. The molecule has 0 radical (unpaired) electrons. The molecule has 5 aromatic rings. The normalized spacial score (nSPS) is 15.0. The van der Waals surface area contributed by atoms with Gasteiger partial charge in [-0.05, 0) is 42.7 Å². The van der Waals surface area contributed by atoms with Crippen molar-refractivity contribution in [2.75, 3.05) is 24.1 Å². The van der Waals surface area contributed by atoms with Gasteiger partial charge in [0.25, 0.3) is 5.91 Å². The molecule has 41 heavy (non-hydrogen) atoms. The molecule has 1 atom stereocenters. The molecule has 0 spiro atoms. The van der Waals surface area contributed by atoms with Crippen LogP contribution in [0.1, 0.15) is 40.5 Å². The Morgan fingerprint density at radius 2 is 1.78 bits per heavy atom. The van der Waals surface area contributed by atoms with Crippen molar-refractivity contribution in [1.29, 1.82) is 0 Å². The van der Waals surface area contributed by atoms with Gasteiger partial charge < -0.3 is 20.7 Å². The monoisotopic (exact) mass is 547 g/mol. The molecular formula is C31H29N7O3. The van der Waals surface area contributed by atoms with Gasteiger partial charge in [-0.3, -0.25) is 9.20 Å². The summed E-state index contributed by atoms with van der Waals surface area (Å²) in [5, 5.41) is 2.79. The summed E-state index contributed by atoms with van der Waals surface area (Å²) < 4.78 is 7.56. The lowest BCUT2D eigenvalue weighted by Crippen LogP contribution is -2.39. The number of aromatic nitrogens is 4. The maximum atomic E-state index is 12.9. The Hall–Kier alpha value is -5.25. The lowest BCUT2D eigenvalue weighted by molar-refractivity contribution is 0.0852. The fourth-order valence-corrected chi connectivity index (χ4v) is 5.15. The number of anilines is 2. The quantitative estimate of drug-likeness (QED) is 0.301. The number of nitrogens with zero attached hydrogens (tertiary/aromatic N) is 5. The van der Waals surface area contributed by atoms with Crippen molar-refractivity contribution in [2.45, 2.75) is 25.4 Å². The number of nitrogen functional groups attached to an aromatic ring is 1. The molecule has 0 unspecified atom stereocenters. The molecule has 1 fully saturated rings. The number of nitrogens with two attached hydrogens (primary N) is 1. The van der Waals surface area contributed by atoms with Crippen LogP contribution in [0.5, 0.6) is 0 Å². The Morgan fingerprint density at radius 3 is 2.56 bits per heavy atom. The fraction of sp³-hybridized carbons (Fsp3) is 0.194. The standard InChI is InChI=1S/C31H29N7O3/c32-28-27-26(22-11-13-23(14-12-22)30(39)35-25-10-4-5-15-33-25)36-29(38(27)18-16-34-28)24-9-6-17-37(19-24)31(40)41-20-21-7-2-1-3-8-21/h1-5,7-8,10-16,18,24H,6,9,17,19-20H2,(H2,32,34)(H,33,35,39)/t24-/m1/s1. The van der Waals surface area contributed by atoms with Crippen LogP contribution in [0.15, 0.2) is 91.4 Å². The van der Waals surface area contributed by atoms with Gasteiger partial charge in [0.2, 0.25) is 0 Å². The van der Waals surface area contributed by atoms with E-state index in [1.807, 2.05) is 59.1 Å². The van der Waals surface area contributed by atoms with Crippen LogP contribution in [-0.4, -0.2) is 49.3 Å². The minimum absolute atomic E-state index is 0.0144. The maximum Gasteiger partial charge on any atom is 0.410 e. The predicted octanol–water partition coefficient (Wildman–Crippen LogP) is 5.14. The molecule has 0 bridgehead atoms. The maximum absolute atomic E-state index is 12.9. The van der Waals surface area contributed by atoms with E-state index < -0.39 is 0 Å². The highest BCUT2D eigenvalue weighted by Gasteiger charge is 2.30. The third-order valence-electron chi connectivity index (χ3n) is 7.19. The van der Waals surface area contributed by atoms with E-state index >= 15 is 0 Å². The second-order valence-electron chi connectivity index (χ2n) is 9.92. The van der Waals surface area contributed by atoms with E-state index in [0.29, 0.717) is 41.5 Å². The summed E-state index contributed by atoms with van der Waals surface area (Å²) in [6, 6.07) is 22.2. The topological polar surface area (TPSA) is 128 Å². The van der Waals surface area contributed by atoms with Gasteiger partial charge in [-0.15, -0.1) is 0 Å². The molecule has 10 heteroatoms. The number of imidazole rings is 1. The van der Waals surface area contributed by atoms with Gasteiger partial charge in [0, 0.05) is 48.7 Å². The number of carbonyl (C=O) groups is 2. The molecule has 6 rings (SSSR count). The molecule has 3 N–H and O–H groups in total. The largest absolute Gasteiger partial charge is 0.445 e. The number of rotatable bonds is 6. The molecular weight excluding hydrogens is 518 g/mol. The Labute approximate surface area is 236 Å². The number of carbonyl (C=O) groups excluding carboxylic acids is 2. The van der Waals surface area contributed by atoms with Crippen LogP contribution in [0.25, 0.3) is 16.8 Å². The molecule has 1 aliphatic heterocycles. The Morgan fingerprint density at radius 1 is 0.976 bits per heavy atom. The highest BCUT2D eigenvalue weighted by Crippen LogP contribution is 2.34. The highest BCUT2D eigenvalue weighted by molar-refractivity contribution is 6.04. The lowest BCUT2D eigenvalue weighted by atomic mass is 9.97. The summed E-state index contributed by atoms with van der Waals surface area (Å²) >= 11 is 0. The minimum Gasteiger partial charge on any atom is -0.445 e. The van der Waals surface area contributed by atoms with E-state index in [-0.39, 0.29) is 24.5 Å². The molecule has 0 saturated carbocycles. The van der Waals surface area contributed by atoms with Crippen molar-refractivity contribution >= 4 is 29.2 Å². The van der Waals surface area contributed by atoms with Gasteiger partial charge in [-0.2, -0.15) is 0 Å². The van der Waals surface area contributed by atoms with E-state index in [0.717, 1.165) is 29.8 Å². The Kier molecular flexibility index (Phi) is 7.27. The third-order valence-corrected chi connectivity index (χ3v) is 7.19. The molecule has 0 aliphatic carbocycles. The molecule has 1 saturated heterocycles. The van der Waals surface area contributed by atoms with Crippen LogP contribution in [0, 0.1) is 0 Å². The van der Waals surface area contributed by atoms with Crippen molar-refractivity contribution < 1.29 is 14.3 Å². The van der Waals surface area contributed by atoms with Crippen molar-refractivity contribution in [1.82, 2.24) is 24.3 Å². The number of likely N-dealkylation sites (tertiary alicyclic amines) is 1. The number of hydrogen-bond donors (Lipinski definition) is 2. The first-order valence-electron chi connectivity index (χ1n) is 13.5. The summed E-state index contributed by atoms with van der Waals surface area (Å²) in [6.45, 7) is 1.35. The average molecular weight is 548 g/mol. The summed E-state index contributed by atoms with van der Waals surface area (Å²) in [4.78, 5) is 40.8. The first kappa shape index (κ1) is 26.0. The van der Waals surface area contributed by atoms with Gasteiger partial charge >= 0.3 is 6.09 Å². The molecule has 10 nitrogen and oxygen atoms in total. The summed E-state index contributed by atoms with van der Waals surface area (Å²) in [5.74, 6) is 1.37. The minimum atomic E-state index is -0.333. The van der Waals surface area contributed by atoms with E-state index in [4.69, 9.17) is 15.5 Å². The number of fused-ring (bicyclic) bond motifs is 1. The van der Waals surface area contributed by atoms with Crippen LogP contribution >= 0.6 is 0 Å². The number of nitrogens with one attached hydrogen (secondary N) is 1. The van der Waals surface area contributed by atoms with E-state index in [2.05, 4.69) is 15.3 Å². The summed E-state index contributed by atoms with van der Waals surface area (Å²) in [7, 11) is 0. The van der Waals surface area contributed by atoms with Crippen LogP contribution in [0.2, 0.25) is 0 Å². The molecule has 206 valence electrons. The lowest BCUT2D eigenvalue weighted by Gasteiger charge is -2.31. The highest BCUT2D eigenvalue weighted by atomic mass is 16.6. The van der Waals surface area contributed by atoms with E-state index in [1.165, 1.54) is 0 Å². The van der Waals surface area contributed by atoms with Gasteiger partial charge in [0.05, 0.1) is 0 Å². The molecule has 2 aromatic carbocycles. The van der Waals surface area contributed by atoms with Crippen molar-refractivity contribution in [3.8, 4) is 11.3 Å². The zero-order valence-electron chi connectivity index (χ0n) is 22.3. The number of amides is 2. The zero-order chi connectivity index (χ0) is 28.2. The summed E-state index contributed by atoms with van der Waals surface area (Å²) in [5.41, 5.74) is 9.95.